The number of carboxylic acid groups (broad SMARTS) is 1. The molecule has 4 aromatic carbocycles. The van der Waals surface area contributed by atoms with Gasteiger partial charge in [-0.2, -0.15) is 0 Å². The van der Waals surface area contributed by atoms with Gasteiger partial charge in [0.2, 0.25) is 5.91 Å². The molecule has 4 aromatic rings. The first-order chi connectivity index (χ1) is 17.8. The SMILES string of the molecule is Cc1ccc(NC(=O)C(Sc2cccc(NC(=O)c3ccccc3C(=O)O)c2)c2ccccc2)cc1Cl. The van der Waals surface area contributed by atoms with Gasteiger partial charge in [-0.25, -0.2) is 4.79 Å². The van der Waals surface area contributed by atoms with Crippen molar-refractivity contribution < 1.29 is 19.5 Å². The maximum Gasteiger partial charge on any atom is 0.336 e. The van der Waals surface area contributed by atoms with Crippen LogP contribution in [0.15, 0.2) is 102 Å². The zero-order chi connectivity index (χ0) is 26.4. The Bertz CT molecular complexity index is 1460. The quantitative estimate of drug-likeness (QED) is 0.212. The van der Waals surface area contributed by atoms with Gasteiger partial charge < -0.3 is 15.7 Å². The van der Waals surface area contributed by atoms with Crippen LogP contribution in [0.25, 0.3) is 0 Å². The van der Waals surface area contributed by atoms with E-state index in [4.69, 9.17) is 11.6 Å². The maximum atomic E-state index is 13.4. The number of carbonyl (C=O) groups is 3. The van der Waals surface area contributed by atoms with Crippen molar-refractivity contribution >= 4 is 52.5 Å². The van der Waals surface area contributed by atoms with E-state index in [1.165, 1.54) is 23.9 Å². The van der Waals surface area contributed by atoms with Crippen molar-refractivity contribution in [2.24, 2.45) is 0 Å². The Kier molecular flexibility index (Phi) is 8.28. The Balaban J connectivity index is 1.56. The van der Waals surface area contributed by atoms with Crippen LogP contribution >= 0.6 is 23.4 Å². The number of amides is 2. The summed E-state index contributed by atoms with van der Waals surface area (Å²) >= 11 is 7.56. The van der Waals surface area contributed by atoms with Gasteiger partial charge in [-0.3, -0.25) is 9.59 Å². The zero-order valence-electron chi connectivity index (χ0n) is 19.8. The molecule has 0 aliphatic carbocycles. The van der Waals surface area contributed by atoms with Crippen LogP contribution in [0.1, 0.15) is 37.1 Å². The molecule has 2 amide bonds. The lowest BCUT2D eigenvalue weighted by Crippen LogP contribution is -2.19. The fraction of sp³-hybridized carbons (Fsp3) is 0.0690. The molecule has 0 aliphatic heterocycles. The number of hydrogen-bond donors (Lipinski definition) is 3. The molecule has 0 spiro atoms. The van der Waals surface area contributed by atoms with Crippen LogP contribution in [0.4, 0.5) is 11.4 Å². The smallest absolute Gasteiger partial charge is 0.336 e. The summed E-state index contributed by atoms with van der Waals surface area (Å²) in [6.45, 7) is 1.89. The molecule has 3 N–H and O–H groups in total. The first-order valence-electron chi connectivity index (χ1n) is 11.3. The van der Waals surface area contributed by atoms with Gasteiger partial charge >= 0.3 is 5.97 Å². The first-order valence-corrected chi connectivity index (χ1v) is 12.6. The minimum absolute atomic E-state index is 0.0614. The number of rotatable bonds is 8. The van der Waals surface area contributed by atoms with Crippen molar-refractivity contribution in [3.8, 4) is 0 Å². The van der Waals surface area contributed by atoms with Gasteiger partial charge in [0.1, 0.15) is 5.25 Å². The van der Waals surface area contributed by atoms with E-state index < -0.39 is 17.1 Å². The summed E-state index contributed by atoms with van der Waals surface area (Å²) < 4.78 is 0. The van der Waals surface area contributed by atoms with Crippen molar-refractivity contribution in [3.05, 3.63) is 124 Å². The van der Waals surface area contributed by atoms with Crippen molar-refractivity contribution in [3.63, 3.8) is 0 Å². The summed E-state index contributed by atoms with van der Waals surface area (Å²) in [5.41, 5.74) is 2.79. The molecule has 37 heavy (non-hydrogen) atoms. The topological polar surface area (TPSA) is 95.5 Å². The lowest BCUT2D eigenvalue weighted by Gasteiger charge is -2.18. The normalized spacial score (nSPS) is 11.4. The van der Waals surface area contributed by atoms with Crippen LogP contribution < -0.4 is 10.6 Å². The third kappa shape index (κ3) is 6.58. The van der Waals surface area contributed by atoms with Crippen LogP contribution in [-0.4, -0.2) is 22.9 Å². The molecular weight excluding hydrogens is 508 g/mol. The van der Waals surface area contributed by atoms with E-state index >= 15 is 0 Å². The van der Waals surface area contributed by atoms with E-state index in [1.807, 2.05) is 49.4 Å². The molecular formula is C29H23ClN2O4S. The molecule has 8 heteroatoms. The Labute approximate surface area is 223 Å². The molecule has 0 aromatic heterocycles. The van der Waals surface area contributed by atoms with Gasteiger partial charge in [-0.1, -0.05) is 66.2 Å². The first kappa shape index (κ1) is 26.0. The molecule has 1 atom stereocenters. The van der Waals surface area contributed by atoms with Gasteiger partial charge in [0.25, 0.3) is 5.91 Å². The van der Waals surface area contributed by atoms with Gasteiger partial charge in [0.05, 0.1) is 11.1 Å². The maximum absolute atomic E-state index is 13.4. The summed E-state index contributed by atoms with van der Waals surface area (Å²) in [7, 11) is 0. The number of hydrogen-bond acceptors (Lipinski definition) is 4. The summed E-state index contributed by atoms with van der Waals surface area (Å²) in [6.07, 6.45) is 0. The lowest BCUT2D eigenvalue weighted by molar-refractivity contribution is -0.115. The minimum Gasteiger partial charge on any atom is -0.478 e. The fourth-order valence-corrected chi connectivity index (χ4v) is 4.89. The Morgan fingerprint density at radius 3 is 2.16 bits per heavy atom. The van der Waals surface area contributed by atoms with Crippen LogP contribution in [-0.2, 0) is 4.79 Å². The molecule has 0 saturated heterocycles. The summed E-state index contributed by atoms with van der Waals surface area (Å²) in [5.74, 6) is -1.93. The zero-order valence-corrected chi connectivity index (χ0v) is 21.3. The summed E-state index contributed by atoms with van der Waals surface area (Å²) in [4.78, 5) is 38.4. The standard InChI is InChI=1S/C29H23ClN2O4S/c1-18-14-15-21(17-25(18)30)32-28(34)26(19-8-3-2-4-9-19)37-22-11-7-10-20(16-22)31-27(33)23-12-5-6-13-24(23)29(35)36/h2-17,26H,1H3,(H,31,33)(H,32,34)(H,35,36). The van der Waals surface area contributed by atoms with E-state index in [1.54, 1.807) is 42.5 Å². The summed E-state index contributed by atoms with van der Waals surface area (Å²) in [6, 6.07) is 27.8. The fourth-order valence-electron chi connectivity index (χ4n) is 3.63. The average Bonchev–Trinajstić information content (AvgIpc) is 2.90. The second-order valence-electron chi connectivity index (χ2n) is 8.19. The van der Waals surface area contributed by atoms with E-state index in [0.29, 0.717) is 16.4 Å². The van der Waals surface area contributed by atoms with Gasteiger partial charge in [-0.15, -0.1) is 11.8 Å². The van der Waals surface area contributed by atoms with E-state index in [9.17, 15) is 19.5 Å². The van der Waals surface area contributed by atoms with Crippen LogP contribution in [0.5, 0.6) is 0 Å². The molecule has 0 bridgehead atoms. The van der Waals surface area contributed by atoms with Crippen molar-refractivity contribution in [1.82, 2.24) is 0 Å². The highest BCUT2D eigenvalue weighted by Gasteiger charge is 2.23. The van der Waals surface area contributed by atoms with Crippen LogP contribution in [0.3, 0.4) is 0 Å². The highest BCUT2D eigenvalue weighted by Crippen LogP contribution is 2.37. The molecule has 0 aliphatic rings. The highest BCUT2D eigenvalue weighted by atomic mass is 35.5. The lowest BCUT2D eigenvalue weighted by atomic mass is 10.1. The highest BCUT2D eigenvalue weighted by molar-refractivity contribution is 8.00. The predicted molar refractivity (Wildman–Crippen MR) is 148 cm³/mol. The Morgan fingerprint density at radius 1 is 0.784 bits per heavy atom. The van der Waals surface area contributed by atoms with Crippen molar-refractivity contribution in [2.75, 3.05) is 10.6 Å². The van der Waals surface area contributed by atoms with Gasteiger partial charge in [0.15, 0.2) is 0 Å². The molecule has 0 heterocycles. The van der Waals surface area contributed by atoms with E-state index in [-0.39, 0.29) is 17.0 Å². The predicted octanol–water partition coefficient (Wildman–Crippen LogP) is 7.07. The third-order valence-corrected chi connectivity index (χ3v) is 7.18. The Morgan fingerprint density at radius 2 is 1.46 bits per heavy atom. The minimum atomic E-state index is -1.18. The molecule has 6 nitrogen and oxygen atoms in total. The summed E-state index contributed by atoms with van der Waals surface area (Å²) in [5, 5.41) is 15.1. The number of aromatic carboxylic acids is 1. The molecule has 1 unspecified atom stereocenters. The number of anilines is 2. The van der Waals surface area contributed by atoms with Crippen molar-refractivity contribution in [1.29, 1.82) is 0 Å². The third-order valence-electron chi connectivity index (χ3n) is 5.53. The van der Waals surface area contributed by atoms with Crippen LogP contribution in [0.2, 0.25) is 5.02 Å². The average molecular weight is 531 g/mol. The monoisotopic (exact) mass is 530 g/mol. The molecule has 0 fully saturated rings. The number of thioether (sulfide) groups is 1. The number of carboxylic acids is 1. The number of nitrogens with one attached hydrogen (secondary N) is 2. The largest absolute Gasteiger partial charge is 0.478 e. The molecule has 4 rings (SSSR count). The van der Waals surface area contributed by atoms with Crippen molar-refractivity contribution in [2.45, 2.75) is 17.1 Å². The number of halogens is 1. The number of carbonyl (C=O) groups excluding carboxylic acids is 2. The number of aryl methyl sites for hydroxylation is 1. The van der Waals surface area contributed by atoms with Gasteiger partial charge in [-0.05, 0) is 60.5 Å². The number of benzene rings is 4. The molecule has 0 saturated carbocycles. The van der Waals surface area contributed by atoms with E-state index in [2.05, 4.69) is 10.6 Å². The second-order valence-corrected chi connectivity index (χ2v) is 9.78. The van der Waals surface area contributed by atoms with Crippen LogP contribution in [0, 0.1) is 6.92 Å². The molecule has 0 radical (unpaired) electrons. The van der Waals surface area contributed by atoms with Gasteiger partial charge in [0, 0.05) is 21.3 Å². The van der Waals surface area contributed by atoms with E-state index in [0.717, 1.165) is 16.0 Å². The second kappa shape index (κ2) is 11.8. The molecule has 186 valence electrons. The Hall–Kier alpha value is -4.07.